The minimum Gasteiger partial charge on any atom is -0.393 e. The molecule has 4 nitrogen and oxygen atoms in total. The minimum absolute atomic E-state index is 0.299. The van der Waals surface area contributed by atoms with Gasteiger partial charge in [-0.15, -0.1) is 6.58 Å². The number of hydrogen-bond acceptors (Lipinski definition) is 4. The molecule has 1 rings (SSSR count). The van der Waals surface area contributed by atoms with Crippen molar-refractivity contribution in [2.75, 3.05) is 13.2 Å². The Balaban J connectivity index is 2.02. The summed E-state index contributed by atoms with van der Waals surface area (Å²) in [7, 11) is 0. The van der Waals surface area contributed by atoms with Crippen LogP contribution in [-0.4, -0.2) is 41.4 Å². The average molecular weight is 258 g/mol. The Kier molecular flexibility index (Phi) is 6.86. The van der Waals surface area contributed by atoms with Crippen LogP contribution >= 0.6 is 0 Å². The Morgan fingerprint density at radius 3 is 2.39 bits per heavy atom. The molecule has 0 aromatic carbocycles. The highest BCUT2D eigenvalue weighted by molar-refractivity contribution is 4.77. The van der Waals surface area contributed by atoms with Crippen LogP contribution in [0.3, 0.4) is 0 Å². The zero-order valence-electron chi connectivity index (χ0n) is 11.3. The average Bonchev–Trinajstić information content (AvgIpc) is 2.76. The maximum absolute atomic E-state index is 9.80. The van der Waals surface area contributed by atoms with Crippen molar-refractivity contribution in [2.24, 2.45) is 0 Å². The maximum Gasteiger partial charge on any atom is 0.165 e. The van der Waals surface area contributed by atoms with Gasteiger partial charge in [0.2, 0.25) is 0 Å². The molecule has 1 fully saturated rings. The Labute approximate surface area is 110 Å². The Hall–Kier alpha value is -0.420. The van der Waals surface area contributed by atoms with Gasteiger partial charge in [0.05, 0.1) is 25.4 Å². The van der Waals surface area contributed by atoms with E-state index in [0.717, 1.165) is 32.1 Å². The first-order valence-electron chi connectivity index (χ1n) is 6.82. The molecule has 106 valence electrons. The molecule has 0 spiro atoms. The summed E-state index contributed by atoms with van der Waals surface area (Å²) >= 11 is 0. The summed E-state index contributed by atoms with van der Waals surface area (Å²) < 4.78 is 11.0. The standard InChI is InChI=1S/C14H26O4/c1-3-12(15)6-4-7-13(16)8-5-9-14(2)17-10-11-18-14/h3,12-13,15-16H,1,4-11H2,2H3. The van der Waals surface area contributed by atoms with Crippen molar-refractivity contribution in [1.82, 2.24) is 0 Å². The zero-order valence-corrected chi connectivity index (χ0v) is 11.3. The second-order valence-corrected chi connectivity index (χ2v) is 5.11. The molecule has 0 bridgehead atoms. The summed E-state index contributed by atoms with van der Waals surface area (Å²) in [6, 6.07) is 0. The first-order chi connectivity index (χ1) is 8.56. The van der Waals surface area contributed by atoms with Crippen LogP contribution in [0.25, 0.3) is 0 Å². The summed E-state index contributed by atoms with van der Waals surface area (Å²) in [5, 5.41) is 19.1. The largest absolute Gasteiger partial charge is 0.393 e. The van der Waals surface area contributed by atoms with Crippen molar-refractivity contribution in [2.45, 2.75) is 63.4 Å². The molecule has 2 N–H and O–H groups in total. The summed E-state index contributed by atoms with van der Waals surface area (Å²) in [5.74, 6) is -0.446. The molecule has 0 aromatic heterocycles. The molecule has 1 aliphatic heterocycles. The van der Waals surface area contributed by atoms with E-state index in [4.69, 9.17) is 9.47 Å². The van der Waals surface area contributed by atoms with Crippen LogP contribution in [0.1, 0.15) is 45.4 Å². The van der Waals surface area contributed by atoms with Crippen LogP contribution in [0.2, 0.25) is 0 Å². The Bertz CT molecular complexity index is 236. The molecule has 0 aromatic rings. The molecule has 1 heterocycles. The topological polar surface area (TPSA) is 58.9 Å². The van der Waals surface area contributed by atoms with Gasteiger partial charge < -0.3 is 19.7 Å². The van der Waals surface area contributed by atoms with E-state index in [9.17, 15) is 10.2 Å². The van der Waals surface area contributed by atoms with Gasteiger partial charge in [-0.25, -0.2) is 0 Å². The SMILES string of the molecule is C=CC(O)CCCC(O)CCCC1(C)OCCO1. The number of aliphatic hydroxyl groups is 2. The van der Waals surface area contributed by atoms with Gasteiger partial charge in [0, 0.05) is 6.42 Å². The molecular weight excluding hydrogens is 232 g/mol. The third kappa shape index (κ3) is 5.96. The summed E-state index contributed by atoms with van der Waals surface area (Å²) in [6.45, 7) is 6.80. The molecule has 1 aliphatic rings. The molecule has 0 aliphatic carbocycles. The van der Waals surface area contributed by atoms with Gasteiger partial charge in [-0.05, 0) is 39.0 Å². The van der Waals surface area contributed by atoms with E-state index in [0.29, 0.717) is 19.6 Å². The van der Waals surface area contributed by atoms with Gasteiger partial charge in [0.15, 0.2) is 5.79 Å². The lowest BCUT2D eigenvalue weighted by Crippen LogP contribution is -2.25. The highest BCUT2D eigenvalue weighted by Gasteiger charge is 2.30. The first kappa shape index (κ1) is 15.6. The van der Waals surface area contributed by atoms with Gasteiger partial charge in [-0.3, -0.25) is 0 Å². The molecular formula is C14H26O4. The minimum atomic E-state index is -0.448. The van der Waals surface area contributed by atoms with Crippen molar-refractivity contribution in [1.29, 1.82) is 0 Å². The van der Waals surface area contributed by atoms with Crippen molar-refractivity contribution in [3.63, 3.8) is 0 Å². The quantitative estimate of drug-likeness (QED) is 0.621. The van der Waals surface area contributed by atoms with Gasteiger partial charge in [0.1, 0.15) is 0 Å². The van der Waals surface area contributed by atoms with Crippen molar-refractivity contribution in [3.8, 4) is 0 Å². The Morgan fingerprint density at radius 2 is 1.78 bits per heavy atom. The van der Waals surface area contributed by atoms with Crippen LogP contribution in [0.4, 0.5) is 0 Å². The lowest BCUT2D eigenvalue weighted by atomic mass is 10.0. The summed E-state index contributed by atoms with van der Waals surface area (Å²) in [4.78, 5) is 0. The second kappa shape index (κ2) is 7.89. The fourth-order valence-electron chi connectivity index (χ4n) is 2.18. The molecule has 2 unspecified atom stereocenters. The van der Waals surface area contributed by atoms with Crippen LogP contribution in [0.5, 0.6) is 0 Å². The third-order valence-corrected chi connectivity index (χ3v) is 3.38. The lowest BCUT2D eigenvalue weighted by Gasteiger charge is -2.22. The monoisotopic (exact) mass is 258 g/mol. The molecule has 18 heavy (non-hydrogen) atoms. The van der Waals surface area contributed by atoms with E-state index < -0.39 is 11.9 Å². The van der Waals surface area contributed by atoms with Crippen molar-refractivity contribution < 1.29 is 19.7 Å². The number of hydrogen-bond donors (Lipinski definition) is 2. The predicted octanol–water partition coefficient (Wildman–Crippen LogP) is 2.00. The van der Waals surface area contributed by atoms with E-state index >= 15 is 0 Å². The van der Waals surface area contributed by atoms with E-state index in [-0.39, 0.29) is 6.10 Å². The smallest absolute Gasteiger partial charge is 0.165 e. The van der Waals surface area contributed by atoms with Gasteiger partial charge in [-0.2, -0.15) is 0 Å². The molecule has 0 amide bonds. The molecule has 4 heteroatoms. The van der Waals surface area contributed by atoms with Gasteiger partial charge in [0.25, 0.3) is 0 Å². The van der Waals surface area contributed by atoms with E-state index in [1.807, 2.05) is 6.92 Å². The zero-order chi connectivity index (χ0) is 13.4. The van der Waals surface area contributed by atoms with Gasteiger partial charge >= 0.3 is 0 Å². The maximum atomic E-state index is 9.80. The van der Waals surface area contributed by atoms with Crippen LogP contribution in [0.15, 0.2) is 12.7 Å². The van der Waals surface area contributed by atoms with E-state index in [2.05, 4.69) is 6.58 Å². The molecule has 0 saturated carbocycles. The third-order valence-electron chi connectivity index (χ3n) is 3.38. The van der Waals surface area contributed by atoms with E-state index in [1.54, 1.807) is 0 Å². The molecule has 1 saturated heterocycles. The lowest BCUT2D eigenvalue weighted by molar-refractivity contribution is -0.148. The fraction of sp³-hybridized carbons (Fsp3) is 0.857. The summed E-state index contributed by atoms with van der Waals surface area (Å²) in [6.07, 6.45) is 5.46. The highest BCUT2D eigenvalue weighted by Crippen LogP contribution is 2.25. The van der Waals surface area contributed by atoms with Crippen molar-refractivity contribution >= 4 is 0 Å². The van der Waals surface area contributed by atoms with Crippen LogP contribution in [0, 0.1) is 0 Å². The first-order valence-corrected chi connectivity index (χ1v) is 6.82. The molecule has 2 atom stereocenters. The Morgan fingerprint density at radius 1 is 1.17 bits per heavy atom. The number of rotatable bonds is 9. The molecule has 0 radical (unpaired) electrons. The normalized spacial score (nSPS) is 21.7. The second-order valence-electron chi connectivity index (χ2n) is 5.11. The number of ether oxygens (including phenoxy) is 2. The van der Waals surface area contributed by atoms with E-state index in [1.165, 1.54) is 6.08 Å². The van der Waals surface area contributed by atoms with Crippen LogP contribution < -0.4 is 0 Å². The predicted molar refractivity (Wildman–Crippen MR) is 70.2 cm³/mol. The van der Waals surface area contributed by atoms with Crippen molar-refractivity contribution in [3.05, 3.63) is 12.7 Å². The fourth-order valence-corrected chi connectivity index (χ4v) is 2.18. The summed E-state index contributed by atoms with van der Waals surface area (Å²) in [5.41, 5.74) is 0. The van der Waals surface area contributed by atoms with Crippen LogP contribution in [-0.2, 0) is 9.47 Å². The number of aliphatic hydroxyl groups excluding tert-OH is 2. The highest BCUT2D eigenvalue weighted by atomic mass is 16.7. The van der Waals surface area contributed by atoms with Gasteiger partial charge in [-0.1, -0.05) is 6.08 Å².